The fourth-order valence-corrected chi connectivity index (χ4v) is 3.87. The first-order valence-electron chi connectivity index (χ1n) is 9.85. The number of carbonyl (C=O) groups excluding carboxylic acids is 1. The van der Waals surface area contributed by atoms with E-state index in [9.17, 15) is 9.59 Å². The SMILES string of the molecule is CN(Cc1ccccc1N1CCOCC1)C(=O)Cn1c(=O)n(C)c2ccccc21. The van der Waals surface area contributed by atoms with Crippen LogP contribution in [0.2, 0.25) is 0 Å². The lowest BCUT2D eigenvalue weighted by Crippen LogP contribution is -2.38. The van der Waals surface area contributed by atoms with E-state index in [1.54, 1.807) is 28.1 Å². The van der Waals surface area contributed by atoms with Gasteiger partial charge >= 0.3 is 5.69 Å². The molecule has 7 nitrogen and oxygen atoms in total. The second-order valence-electron chi connectivity index (χ2n) is 7.39. The van der Waals surface area contributed by atoms with Crippen molar-refractivity contribution in [3.63, 3.8) is 0 Å². The number of hydrogen-bond donors (Lipinski definition) is 0. The van der Waals surface area contributed by atoms with Crippen LogP contribution in [0.3, 0.4) is 0 Å². The zero-order valence-electron chi connectivity index (χ0n) is 16.9. The van der Waals surface area contributed by atoms with E-state index in [-0.39, 0.29) is 18.1 Å². The van der Waals surface area contributed by atoms with Crippen LogP contribution < -0.4 is 10.6 Å². The first-order chi connectivity index (χ1) is 14.1. The van der Waals surface area contributed by atoms with E-state index in [0.29, 0.717) is 19.8 Å². The Morgan fingerprint density at radius 3 is 2.45 bits per heavy atom. The molecule has 2 heterocycles. The molecule has 1 saturated heterocycles. The van der Waals surface area contributed by atoms with Crippen molar-refractivity contribution in [1.82, 2.24) is 14.0 Å². The van der Waals surface area contributed by atoms with Gasteiger partial charge < -0.3 is 14.5 Å². The summed E-state index contributed by atoms with van der Waals surface area (Å²) in [5, 5.41) is 0. The third-order valence-corrected chi connectivity index (χ3v) is 5.52. The lowest BCUT2D eigenvalue weighted by atomic mass is 10.1. The molecule has 3 aromatic rings. The van der Waals surface area contributed by atoms with Crippen LogP contribution in [0.25, 0.3) is 11.0 Å². The maximum Gasteiger partial charge on any atom is 0.329 e. The molecule has 0 N–H and O–H groups in total. The summed E-state index contributed by atoms with van der Waals surface area (Å²) in [6.45, 7) is 3.64. The number of amides is 1. The molecule has 0 aliphatic carbocycles. The Morgan fingerprint density at radius 1 is 1.03 bits per heavy atom. The second kappa shape index (κ2) is 8.13. The number of nitrogens with zero attached hydrogens (tertiary/aromatic N) is 4. The fourth-order valence-electron chi connectivity index (χ4n) is 3.87. The van der Waals surface area contributed by atoms with Crippen LogP contribution in [0, 0.1) is 0 Å². The van der Waals surface area contributed by atoms with Crippen molar-refractivity contribution in [2.24, 2.45) is 7.05 Å². The van der Waals surface area contributed by atoms with Gasteiger partial charge in [-0.1, -0.05) is 30.3 Å². The molecule has 1 fully saturated rings. The Kier molecular flexibility index (Phi) is 5.40. The number of hydrogen-bond acceptors (Lipinski definition) is 4. The molecule has 4 rings (SSSR count). The van der Waals surface area contributed by atoms with Gasteiger partial charge in [0.15, 0.2) is 0 Å². The third-order valence-electron chi connectivity index (χ3n) is 5.52. The molecule has 0 atom stereocenters. The normalized spacial score (nSPS) is 14.3. The van der Waals surface area contributed by atoms with Gasteiger partial charge in [0, 0.05) is 39.4 Å². The van der Waals surface area contributed by atoms with Crippen LogP contribution in [0.4, 0.5) is 5.69 Å². The van der Waals surface area contributed by atoms with Crippen LogP contribution in [0.5, 0.6) is 0 Å². The van der Waals surface area contributed by atoms with Crippen molar-refractivity contribution < 1.29 is 9.53 Å². The summed E-state index contributed by atoms with van der Waals surface area (Å²) in [5.74, 6) is -0.0970. The van der Waals surface area contributed by atoms with E-state index >= 15 is 0 Å². The number of carbonyl (C=O) groups is 1. The lowest BCUT2D eigenvalue weighted by Gasteiger charge is -2.31. The molecule has 1 amide bonds. The van der Waals surface area contributed by atoms with Crippen LogP contribution in [-0.4, -0.2) is 53.3 Å². The Balaban J connectivity index is 1.53. The summed E-state index contributed by atoms with van der Waals surface area (Å²) < 4.78 is 8.58. The number of morpholine rings is 1. The zero-order chi connectivity index (χ0) is 20.4. The van der Waals surface area contributed by atoms with Gasteiger partial charge in [-0.05, 0) is 23.8 Å². The molecule has 152 valence electrons. The Labute approximate surface area is 169 Å². The van der Waals surface area contributed by atoms with Gasteiger partial charge in [0.1, 0.15) is 6.54 Å². The molecule has 0 unspecified atom stereocenters. The van der Waals surface area contributed by atoms with E-state index in [0.717, 1.165) is 35.4 Å². The van der Waals surface area contributed by atoms with Crippen LogP contribution >= 0.6 is 0 Å². The van der Waals surface area contributed by atoms with Gasteiger partial charge in [0.2, 0.25) is 5.91 Å². The smallest absolute Gasteiger partial charge is 0.329 e. The van der Waals surface area contributed by atoms with E-state index in [1.807, 2.05) is 36.4 Å². The molecule has 1 aliphatic heterocycles. The summed E-state index contributed by atoms with van der Waals surface area (Å²) in [4.78, 5) is 29.5. The third kappa shape index (κ3) is 3.78. The van der Waals surface area contributed by atoms with Gasteiger partial charge in [-0.15, -0.1) is 0 Å². The monoisotopic (exact) mass is 394 g/mol. The molecule has 1 aliphatic rings. The second-order valence-corrected chi connectivity index (χ2v) is 7.39. The van der Waals surface area contributed by atoms with Crippen LogP contribution in [-0.2, 0) is 29.7 Å². The van der Waals surface area contributed by atoms with Crippen molar-refractivity contribution in [3.05, 3.63) is 64.6 Å². The van der Waals surface area contributed by atoms with Crippen molar-refractivity contribution in [3.8, 4) is 0 Å². The molecular weight excluding hydrogens is 368 g/mol. The minimum Gasteiger partial charge on any atom is -0.378 e. The number of para-hydroxylation sites is 3. The number of benzene rings is 2. The zero-order valence-corrected chi connectivity index (χ0v) is 16.9. The van der Waals surface area contributed by atoms with Gasteiger partial charge in [0.05, 0.1) is 24.2 Å². The molecule has 0 saturated carbocycles. The summed E-state index contributed by atoms with van der Waals surface area (Å²) in [6.07, 6.45) is 0. The van der Waals surface area contributed by atoms with E-state index in [4.69, 9.17) is 4.74 Å². The summed E-state index contributed by atoms with van der Waals surface area (Å²) in [5.41, 5.74) is 3.65. The minimum atomic E-state index is -0.179. The van der Waals surface area contributed by atoms with Gasteiger partial charge in [-0.3, -0.25) is 13.9 Å². The first-order valence-corrected chi connectivity index (χ1v) is 9.85. The highest BCUT2D eigenvalue weighted by Gasteiger charge is 2.19. The van der Waals surface area contributed by atoms with Crippen molar-refractivity contribution >= 4 is 22.6 Å². The summed E-state index contributed by atoms with van der Waals surface area (Å²) >= 11 is 0. The first kappa shape index (κ1) is 19.3. The number of anilines is 1. The van der Waals surface area contributed by atoms with Crippen LogP contribution in [0.15, 0.2) is 53.3 Å². The number of imidazole rings is 1. The Bertz CT molecular complexity index is 1080. The number of aromatic nitrogens is 2. The molecule has 7 heteroatoms. The molecule has 0 bridgehead atoms. The predicted molar refractivity (Wildman–Crippen MR) is 113 cm³/mol. The Morgan fingerprint density at radius 2 is 1.69 bits per heavy atom. The van der Waals surface area contributed by atoms with Gasteiger partial charge in [0.25, 0.3) is 0 Å². The molecule has 0 radical (unpaired) electrons. The highest BCUT2D eigenvalue weighted by Crippen LogP contribution is 2.23. The topological polar surface area (TPSA) is 59.7 Å². The van der Waals surface area contributed by atoms with E-state index in [2.05, 4.69) is 17.0 Å². The molecule has 29 heavy (non-hydrogen) atoms. The lowest BCUT2D eigenvalue weighted by molar-refractivity contribution is -0.131. The molecular formula is C22H26N4O3. The highest BCUT2D eigenvalue weighted by molar-refractivity contribution is 5.81. The predicted octanol–water partition coefficient (Wildman–Crippen LogP) is 1.84. The van der Waals surface area contributed by atoms with Crippen molar-refractivity contribution in [1.29, 1.82) is 0 Å². The van der Waals surface area contributed by atoms with Gasteiger partial charge in [-0.25, -0.2) is 4.79 Å². The number of likely N-dealkylation sites (N-methyl/N-ethyl adjacent to an activating group) is 1. The molecule has 1 aromatic heterocycles. The highest BCUT2D eigenvalue weighted by atomic mass is 16.5. The van der Waals surface area contributed by atoms with Crippen LogP contribution in [0.1, 0.15) is 5.56 Å². The van der Waals surface area contributed by atoms with Crippen molar-refractivity contribution in [2.45, 2.75) is 13.1 Å². The van der Waals surface area contributed by atoms with Crippen molar-refractivity contribution in [2.75, 3.05) is 38.3 Å². The maximum absolute atomic E-state index is 12.9. The largest absolute Gasteiger partial charge is 0.378 e. The average molecular weight is 394 g/mol. The Hall–Kier alpha value is -3.06. The number of aryl methyl sites for hydroxylation is 1. The van der Waals surface area contributed by atoms with E-state index in [1.165, 1.54) is 0 Å². The van der Waals surface area contributed by atoms with Gasteiger partial charge in [-0.2, -0.15) is 0 Å². The molecule has 2 aromatic carbocycles. The number of ether oxygens (including phenoxy) is 1. The molecule has 0 spiro atoms. The standard InChI is InChI=1S/C22H26N4O3/c1-23(15-17-7-3-4-8-18(17)25-11-13-29-14-12-25)21(27)16-26-20-10-6-5-9-19(20)24(2)22(26)28/h3-10H,11-16H2,1-2H3. The summed E-state index contributed by atoms with van der Waals surface area (Å²) in [7, 11) is 3.52. The average Bonchev–Trinajstić information content (AvgIpc) is 3.00. The number of rotatable bonds is 5. The maximum atomic E-state index is 12.9. The number of fused-ring (bicyclic) bond motifs is 1. The quantitative estimate of drug-likeness (QED) is 0.663. The van der Waals surface area contributed by atoms with E-state index < -0.39 is 0 Å². The summed E-state index contributed by atoms with van der Waals surface area (Å²) in [6, 6.07) is 15.7. The minimum absolute atomic E-state index is 0.0242. The fraction of sp³-hybridized carbons (Fsp3) is 0.364.